The van der Waals surface area contributed by atoms with Crippen molar-refractivity contribution in [3.8, 4) is 5.75 Å². The van der Waals surface area contributed by atoms with Crippen molar-refractivity contribution in [1.29, 1.82) is 0 Å². The van der Waals surface area contributed by atoms with Gasteiger partial charge in [-0.2, -0.15) is 0 Å². The second kappa shape index (κ2) is 5.03. The van der Waals surface area contributed by atoms with Crippen molar-refractivity contribution in [3.05, 3.63) is 41.2 Å². The van der Waals surface area contributed by atoms with Gasteiger partial charge in [0.05, 0.1) is 17.4 Å². The highest BCUT2D eigenvalue weighted by Crippen LogP contribution is 2.28. The molecule has 0 saturated carbocycles. The Bertz CT molecular complexity index is 588. The zero-order valence-corrected chi connectivity index (χ0v) is 10.9. The Labute approximate surface area is 115 Å². The molecule has 1 aliphatic heterocycles. The molecule has 1 aliphatic rings. The monoisotopic (exact) mass is 276 g/mol. The lowest BCUT2D eigenvalue weighted by Gasteiger charge is -2.22. The number of rotatable bonds is 2. The lowest BCUT2D eigenvalue weighted by Crippen LogP contribution is -2.33. The van der Waals surface area contributed by atoms with Crippen molar-refractivity contribution in [3.63, 3.8) is 0 Å². The molecule has 3 rings (SSSR count). The number of halogens is 1. The summed E-state index contributed by atoms with van der Waals surface area (Å²) in [4.78, 5) is 8.17. The summed E-state index contributed by atoms with van der Waals surface area (Å²) in [5, 5.41) is 3.61. The van der Waals surface area contributed by atoms with Gasteiger partial charge in [0.1, 0.15) is 12.4 Å². The molecule has 0 bridgehead atoms. The van der Waals surface area contributed by atoms with Crippen molar-refractivity contribution in [2.45, 2.75) is 12.5 Å². The normalized spacial score (nSPS) is 17.5. The van der Waals surface area contributed by atoms with E-state index in [1.165, 1.54) is 0 Å². The Balaban J connectivity index is 1.80. The van der Waals surface area contributed by atoms with Crippen LogP contribution in [0, 0.1) is 0 Å². The Hall–Kier alpha value is -1.85. The fourth-order valence-corrected chi connectivity index (χ4v) is 2.08. The number of nitrogens with zero attached hydrogens (tertiary/aromatic N) is 2. The maximum absolute atomic E-state index is 5.85. The first-order chi connectivity index (χ1) is 9.20. The molecule has 0 aliphatic carbocycles. The van der Waals surface area contributed by atoms with Crippen molar-refractivity contribution < 1.29 is 4.74 Å². The van der Waals surface area contributed by atoms with Crippen molar-refractivity contribution >= 4 is 23.2 Å². The molecule has 0 spiro atoms. The van der Waals surface area contributed by atoms with Crippen LogP contribution < -0.4 is 15.8 Å². The van der Waals surface area contributed by atoms with E-state index in [1.807, 2.05) is 18.2 Å². The molecule has 0 amide bonds. The number of hydrogen-bond acceptors (Lipinski definition) is 5. The average molecular weight is 277 g/mol. The highest BCUT2D eigenvalue weighted by Gasteiger charge is 2.16. The molecule has 0 saturated heterocycles. The molecular weight excluding hydrogens is 264 g/mol. The van der Waals surface area contributed by atoms with Crippen LogP contribution in [-0.4, -0.2) is 22.6 Å². The van der Waals surface area contributed by atoms with Gasteiger partial charge in [0.15, 0.2) is 0 Å². The Morgan fingerprint density at radius 1 is 1.32 bits per heavy atom. The third-order valence-corrected chi connectivity index (χ3v) is 3.07. The smallest absolute Gasteiger partial charge is 0.227 e. The van der Waals surface area contributed by atoms with E-state index in [-0.39, 0.29) is 6.04 Å². The highest BCUT2D eigenvalue weighted by molar-refractivity contribution is 6.30. The molecule has 0 fully saturated rings. The molecule has 1 aromatic carbocycles. The average Bonchev–Trinajstić information content (AvgIpc) is 2.42. The second-order valence-corrected chi connectivity index (χ2v) is 4.88. The van der Waals surface area contributed by atoms with Crippen LogP contribution in [0.25, 0.3) is 0 Å². The minimum Gasteiger partial charge on any atom is -0.492 e. The van der Waals surface area contributed by atoms with Gasteiger partial charge in [-0.1, -0.05) is 17.7 Å². The van der Waals surface area contributed by atoms with Gasteiger partial charge < -0.3 is 15.8 Å². The number of nitrogens with one attached hydrogen (secondary N) is 1. The number of ether oxygens (including phenoxy) is 1. The second-order valence-electron chi connectivity index (χ2n) is 4.45. The number of aromatic nitrogens is 2. The number of hydrogen-bond donors (Lipinski definition) is 2. The van der Waals surface area contributed by atoms with Crippen LogP contribution in [0.2, 0.25) is 5.02 Å². The predicted octanol–water partition coefficient (Wildman–Crippen LogP) is 2.14. The predicted molar refractivity (Wildman–Crippen MR) is 73.9 cm³/mol. The van der Waals surface area contributed by atoms with Gasteiger partial charge >= 0.3 is 0 Å². The summed E-state index contributed by atoms with van der Waals surface area (Å²) in [6, 6.07) is 5.97. The van der Waals surface area contributed by atoms with E-state index in [4.69, 9.17) is 22.1 Å². The Morgan fingerprint density at radius 2 is 2.11 bits per heavy atom. The molecule has 2 aromatic rings. The number of fused-ring (bicyclic) bond motifs is 1. The Kier molecular flexibility index (Phi) is 3.23. The summed E-state index contributed by atoms with van der Waals surface area (Å²) in [5.74, 6) is 1.36. The molecule has 98 valence electrons. The van der Waals surface area contributed by atoms with Crippen LogP contribution in [-0.2, 0) is 6.42 Å². The molecule has 3 N–H and O–H groups in total. The summed E-state index contributed by atoms with van der Waals surface area (Å²) in [6.45, 7) is 0.550. The minimum absolute atomic E-state index is 0.0749. The van der Waals surface area contributed by atoms with Gasteiger partial charge in [0.2, 0.25) is 5.95 Å². The maximum atomic E-state index is 5.85. The van der Waals surface area contributed by atoms with E-state index in [1.54, 1.807) is 12.4 Å². The first-order valence-corrected chi connectivity index (χ1v) is 6.34. The van der Waals surface area contributed by atoms with Crippen molar-refractivity contribution in [2.75, 3.05) is 11.9 Å². The highest BCUT2D eigenvalue weighted by atomic mass is 35.5. The van der Waals surface area contributed by atoms with Gasteiger partial charge in [0.25, 0.3) is 0 Å². The largest absolute Gasteiger partial charge is 0.492 e. The zero-order chi connectivity index (χ0) is 13.2. The first kappa shape index (κ1) is 12.2. The maximum Gasteiger partial charge on any atom is 0.227 e. The third-order valence-electron chi connectivity index (χ3n) is 2.88. The van der Waals surface area contributed by atoms with E-state index in [0.717, 1.165) is 23.4 Å². The quantitative estimate of drug-likeness (QED) is 0.879. The summed E-state index contributed by atoms with van der Waals surface area (Å²) >= 11 is 5.74. The fraction of sp³-hybridized carbons (Fsp3) is 0.231. The van der Waals surface area contributed by atoms with E-state index < -0.39 is 0 Å². The number of benzene rings is 1. The number of anilines is 2. The molecule has 0 radical (unpaired) electrons. The van der Waals surface area contributed by atoms with E-state index in [2.05, 4.69) is 15.3 Å². The van der Waals surface area contributed by atoms with Gasteiger partial charge in [-0.25, -0.2) is 9.97 Å². The molecule has 1 aromatic heterocycles. The van der Waals surface area contributed by atoms with Gasteiger partial charge in [-0.05, 0) is 18.1 Å². The van der Waals surface area contributed by atoms with E-state index in [9.17, 15) is 0 Å². The first-order valence-electron chi connectivity index (χ1n) is 5.96. The van der Waals surface area contributed by atoms with Crippen LogP contribution in [0.15, 0.2) is 30.6 Å². The van der Waals surface area contributed by atoms with Crippen molar-refractivity contribution in [1.82, 2.24) is 9.97 Å². The third kappa shape index (κ3) is 2.77. The standard InChI is InChI=1S/C13H13ClN4O/c14-9-5-16-13(17-6-9)18-11-2-1-8-3-10(15)7-19-12(8)4-11/h1-2,4-6,10H,3,7,15H2,(H,16,17,18)/t10-/m1/s1. The fourth-order valence-electron chi connectivity index (χ4n) is 1.98. The van der Waals surface area contributed by atoms with Crippen LogP contribution in [0.3, 0.4) is 0 Å². The van der Waals surface area contributed by atoms with Gasteiger partial charge in [0, 0.05) is 17.8 Å². The van der Waals surface area contributed by atoms with E-state index >= 15 is 0 Å². The van der Waals surface area contributed by atoms with Crippen molar-refractivity contribution in [2.24, 2.45) is 5.73 Å². The topological polar surface area (TPSA) is 73.1 Å². The summed E-state index contributed by atoms with van der Waals surface area (Å²) in [7, 11) is 0. The summed E-state index contributed by atoms with van der Waals surface area (Å²) in [5.41, 5.74) is 7.85. The lowest BCUT2D eigenvalue weighted by atomic mass is 10.0. The molecule has 0 unspecified atom stereocenters. The van der Waals surface area contributed by atoms with Crippen LogP contribution in [0.5, 0.6) is 5.75 Å². The summed E-state index contributed by atoms with van der Waals surface area (Å²) in [6.07, 6.45) is 3.93. The molecule has 1 atom stereocenters. The van der Waals surface area contributed by atoms with Crippen LogP contribution in [0.4, 0.5) is 11.6 Å². The molecule has 5 nitrogen and oxygen atoms in total. The minimum atomic E-state index is 0.0749. The number of nitrogens with two attached hydrogens (primary N) is 1. The lowest BCUT2D eigenvalue weighted by molar-refractivity contribution is 0.264. The molecule has 19 heavy (non-hydrogen) atoms. The molecular formula is C13H13ClN4O. The van der Waals surface area contributed by atoms with Crippen LogP contribution >= 0.6 is 11.6 Å². The summed E-state index contributed by atoms with van der Waals surface area (Å²) < 4.78 is 5.61. The Morgan fingerprint density at radius 3 is 2.89 bits per heavy atom. The van der Waals surface area contributed by atoms with E-state index in [0.29, 0.717) is 17.6 Å². The van der Waals surface area contributed by atoms with Gasteiger partial charge in [-0.3, -0.25) is 0 Å². The van der Waals surface area contributed by atoms with Gasteiger partial charge in [-0.15, -0.1) is 0 Å². The SMILES string of the molecule is N[C@H]1COc2cc(Nc3ncc(Cl)cn3)ccc2C1. The van der Waals surface area contributed by atoms with Crippen LogP contribution in [0.1, 0.15) is 5.56 Å². The molecule has 6 heteroatoms. The molecule has 2 heterocycles. The zero-order valence-electron chi connectivity index (χ0n) is 10.1.